The predicted molar refractivity (Wildman–Crippen MR) is 66.7 cm³/mol. The predicted octanol–water partition coefficient (Wildman–Crippen LogP) is 1.33. The summed E-state index contributed by atoms with van der Waals surface area (Å²) in [5.41, 5.74) is 5.32. The molecule has 0 spiro atoms. The minimum Gasteiger partial charge on any atom is -0.396 e. The van der Waals surface area contributed by atoms with Gasteiger partial charge in [0.2, 0.25) is 0 Å². The number of hydrogen-bond acceptors (Lipinski definition) is 3. The SMILES string of the molecule is N=C(N)CCCCN1CCCC1CCCO. The van der Waals surface area contributed by atoms with E-state index in [-0.39, 0.29) is 0 Å². The molecule has 4 N–H and O–H groups in total. The lowest BCUT2D eigenvalue weighted by atomic mass is 10.1. The van der Waals surface area contributed by atoms with Gasteiger partial charge in [0.05, 0.1) is 5.84 Å². The Hall–Kier alpha value is -0.610. The zero-order chi connectivity index (χ0) is 11.8. The van der Waals surface area contributed by atoms with Crippen molar-refractivity contribution in [3.63, 3.8) is 0 Å². The van der Waals surface area contributed by atoms with Crippen molar-refractivity contribution in [1.29, 1.82) is 5.41 Å². The highest BCUT2D eigenvalue weighted by Crippen LogP contribution is 2.21. The average Bonchev–Trinajstić information content (AvgIpc) is 2.69. The Kier molecular flexibility index (Phi) is 6.42. The van der Waals surface area contributed by atoms with Crippen LogP contribution in [-0.4, -0.2) is 41.6 Å². The van der Waals surface area contributed by atoms with Crippen LogP contribution in [0.1, 0.15) is 44.9 Å². The molecular weight excluding hydrogens is 202 g/mol. The van der Waals surface area contributed by atoms with Crippen LogP contribution in [-0.2, 0) is 0 Å². The Bertz CT molecular complexity index is 208. The van der Waals surface area contributed by atoms with Gasteiger partial charge in [-0.15, -0.1) is 0 Å². The molecule has 0 aromatic carbocycles. The first kappa shape index (κ1) is 13.5. The monoisotopic (exact) mass is 227 g/mol. The maximum Gasteiger partial charge on any atom is 0.0905 e. The zero-order valence-corrected chi connectivity index (χ0v) is 10.1. The summed E-state index contributed by atoms with van der Waals surface area (Å²) in [5, 5.41) is 16.0. The molecule has 1 fully saturated rings. The van der Waals surface area contributed by atoms with Gasteiger partial charge in [0, 0.05) is 19.1 Å². The van der Waals surface area contributed by atoms with Crippen molar-refractivity contribution in [2.24, 2.45) is 5.73 Å². The number of aliphatic hydroxyl groups excluding tert-OH is 1. The topological polar surface area (TPSA) is 73.3 Å². The van der Waals surface area contributed by atoms with E-state index in [1.807, 2.05) is 0 Å². The summed E-state index contributed by atoms with van der Waals surface area (Å²) in [4.78, 5) is 2.54. The molecule has 1 saturated heterocycles. The third-order valence-electron chi connectivity index (χ3n) is 3.34. The Labute approximate surface area is 98.3 Å². The molecule has 1 aliphatic heterocycles. The summed E-state index contributed by atoms with van der Waals surface area (Å²) in [5.74, 6) is 0.304. The van der Waals surface area contributed by atoms with Crippen LogP contribution in [0.3, 0.4) is 0 Å². The molecule has 1 aliphatic rings. The number of rotatable bonds is 8. The summed E-state index contributed by atoms with van der Waals surface area (Å²) >= 11 is 0. The smallest absolute Gasteiger partial charge is 0.0905 e. The van der Waals surface area contributed by atoms with Gasteiger partial charge in [-0.05, 0) is 51.6 Å². The van der Waals surface area contributed by atoms with Gasteiger partial charge in [-0.2, -0.15) is 0 Å². The van der Waals surface area contributed by atoms with E-state index in [4.69, 9.17) is 16.2 Å². The molecule has 94 valence electrons. The van der Waals surface area contributed by atoms with E-state index >= 15 is 0 Å². The number of likely N-dealkylation sites (tertiary alicyclic amines) is 1. The number of unbranched alkanes of at least 4 members (excludes halogenated alkanes) is 1. The number of nitrogens with one attached hydrogen (secondary N) is 1. The summed E-state index contributed by atoms with van der Waals surface area (Å²) in [6.45, 7) is 2.65. The molecule has 1 heterocycles. The number of nitrogens with zero attached hydrogens (tertiary/aromatic N) is 1. The highest BCUT2D eigenvalue weighted by atomic mass is 16.2. The van der Waals surface area contributed by atoms with Crippen molar-refractivity contribution in [3.05, 3.63) is 0 Å². The first-order valence-corrected chi connectivity index (χ1v) is 6.42. The summed E-state index contributed by atoms with van der Waals surface area (Å²) < 4.78 is 0. The first-order valence-electron chi connectivity index (χ1n) is 6.42. The third-order valence-corrected chi connectivity index (χ3v) is 3.34. The standard InChI is InChI=1S/C12H25N3O/c13-12(14)7-1-2-8-15-9-3-5-11(15)6-4-10-16/h11,16H,1-10H2,(H3,13,14). The average molecular weight is 227 g/mol. The van der Waals surface area contributed by atoms with Gasteiger partial charge >= 0.3 is 0 Å². The van der Waals surface area contributed by atoms with Crippen LogP contribution < -0.4 is 5.73 Å². The van der Waals surface area contributed by atoms with Gasteiger partial charge in [-0.1, -0.05) is 0 Å². The molecule has 0 saturated carbocycles. The molecule has 0 aromatic heterocycles. The Morgan fingerprint density at radius 3 is 2.88 bits per heavy atom. The van der Waals surface area contributed by atoms with Crippen LogP contribution in [0.2, 0.25) is 0 Å². The molecule has 0 radical (unpaired) electrons. The molecule has 0 bridgehead atoms. The van der Waals surface area contributed by atoms with Crippen LogP contribution in [0, 0.1) is 5.41 Å². The van der Waals surface area contributed by atoms with Gasteiger partial charge in [-0.25, -0.2) is 0 Å². The molecule has 0 aromatic rings. The maximum absolute atomic E-state index is 8.83. The van der Waals surface area contributed by atoms with Crippen LogP contribution in [0.15, 0.2) is 0 Å². The van der Waals surface area contributed by atoms with Crippen LogP contribution in [0.4, 0.5) is 0 Å². The van der Waals surface area contributed by atoms with E-state index in [0.29, 0.717) is 18.5 Å². The molecule has 4 heteroatoms. The normalized spacial score (nSPS) is 21.4. The fourth-order valence-corrected chi connectivity index (χ4v) is 2.47. The summed E-state index contributed by atoms with van der Waals surface area (Å²) in [6, 6.07) is 0.685. The Morgan fingerprint density at radius 2 is 2.19 bits per heavy atom. The van der Waals surface area contributed by atoms with Crippen LogP contribution in [0.5, 0.6) is 0 Å². The van der Waals surface area contributed by atoms with Crippen molar-refractivity contribution in [1.82, 2.24) is 4.90 Å². The quantitative estimate of drug-likeness (QED) is 0.333. The van der Waals surface area contributed by atoms with E-state index in [2.05, 4.69) is 4.90 Å². The molecule has 1 unspecified atom stereocenters. The Morgan fingerprint density at radius 1 is 1.38 bits per heavy atom. The number of aliphatic hydroxyl groups is 1. The molecule has 1 atom stereocenters. The number of amidine groups is 1. The largest absolute Gasteiger partial charge is 0.396 e. The van der Waals surface area contributed by atoms with Gasteiger partial charge in [0.1, 0.15) is 0 Å². The summed E-state index contributed by atoms with van der Waals surface area (Å²) in [7, 11) is 0. The van der Waals surface area contributed by atoms with Gasteiger partial charge in [0.25, 0.3) is 0 Å². The summed E-state index contributed by atoms with van der Waals surface area (Å²) in [6.07, 6.45) is 7.52. The second-order valence-corrected chi connectivity index (χ2v) is 4.68. The lowest BCUT2D eigenvalue weighted by molar-refractivity contribution is 0.213. The highest BCUT2D eigenvalue weighted by Gasteiger charge is 2.22. The fourth-order valence-electron chi connectivity index (χ4n) is 2.47. The van der Waals surface area contributed by atoms with Crippen molar-refractivity contribution in [2.75, 3.05) is 19.7 Å². The molecule has 4 nitrogen and oxygen atoms in total. The molecule has 16 heavy (non-hydrogen) atoms. The van der Waals surface area contributed by atoms with E-state index < -0.39 is 0 Å². The van der Waals surface area contributed by atoms with Crippen molar-refractivity contribution in [3.8, 4) is 0 Å². The van der Waals surface area contributed by atoms with Crippen molar-refractivity contribution < 1.29 is 5.11 Å². The minimum absolute atomic E-state index is 0.304. The zero-order valence-electron chi connectivity index (χ0n) is 10.1. The second kappa shape index (κ2) is 7.63. The molecule has 0 aliphatic carbocycles. The molecule has 1 rings (SSSR count). The van der Waals surface area contributed by atoms with Gasteiger partial charge < -0.3 is 15.7 Å². The molecular formula is C12H25N3O. The highest BCUT2D eigenvalue weighted by molar-refractivity contribution is 5.76. The lowest BCUT2D eigenvalue weighted by Crippen LogP contribution is -2.30. The lowest BCUT2D eigenvalue weighted by Gasteiger charge is -2.24. The van der Waals surface area contributed by atoms with E-state index in [0.717, 1.165) is 38.6 Å². The van der Waals surface area contributed by atoms with E-state index in [1.165, 1.54) is 19.4 Å². The van der Waals surface area contributed by atoms with Crippen molar-refractivity contribution >= 4 is 5.84 Å². The molecule has 0 amide bonds. The first-order chi connectivity index (χ1) is 7.74. The van der Waals surface area contributed by atoms with Crippen molar-refractivity contribution in [2.45, 2.75) is 51.0 Å². The van der Waals surface area contributed by atoms with Crippen LogP contribution in [0.25, 0.3) is 0 Å². The van der Waals surface area contributed by atoms with E-state index in [9.17, 15) is 0 Å². The number of hydrogen-bond donors (Lipinski definition) is 3. The van der Waals surface area contributed by atoms with Gasteiger partial charge in [0.15, 0.2) is 0 Å². The van der Waals surface area contributed by atoms with Crippen LogP contribution >= 0.6 is 0 Å². The third kappa shape index (κ3) is 4.94. The fraction of sp³-hybridized carbons (Fsp3) is 0.917. The Balaban J connectivity index is 2.12. The second-order valence-electron chi connectivity index (χ2n) is 4.68. The number of nitrogens with two attached hydrogens (primary N) is 1. The minimum atomic E-state index is 0.304. The van der Waals surface area contributed by atoms with Gasteiger partial charge in [-0.3, -0.25) is 5.41 Å². The van der Waals surface area contributed by atoms with E-state index in [1.54, 1.807) is 0 Å². The maximum atomic E-state index is 8.83.